The van der Waals surface area contributed by atoms with Gasteiger partial charge in [0.2, 0.25) is 0 Å². The van der Waals surface area contributed by atoms with Gasteiger partial charge in [0, 0.05) is 24.9 Å². The Morgan fingerprint density at radius 2 is 1.78 bits per heavy atom. The van der Waals surface area contributed by atoms with Gasteiger partial charge in [-0.15, -0.1) is 0 Å². The van der Waals surface area contributed by atoms with Gasteiger partial charge in [0.05, 0.1) is 13.2 Å². The third-order valence-corrected chi connectivity index (χ3v) is 2.47. The van der Waals surface area contributed by atoms with Crippen LogP contribution in [0.4, 0.5) is 0 Å². The van der Waals surface area contributed by atoms with Crippen molar-refractivity contribution in [3.8, 4) is 0 Å². The van der Waals surface area contributed by atoms with E-state index in [1.807, 2.05) is 4.42 Å². The maximum Gasteiger partial charge on any atom is 0.0511 e. The Labute approximate surface area is 59.8 Å². The summed E-state index contributed by atoms with van der Waals surface area (Å²) in [7, 11) is 0. The van der Waals surface area contributed by atoms with Crippen LogP contribution < -0.4 is 0 Å². The first-order chi connectivity index (χ1) is 4.36. The van der Waals surface area contributed by atoms with E-state index < -0.39 is 0 Å². The van der Waals surface area contributed by atoms with E-state index in [2.05, 4.69) is 0 Å². The van der Waals surface area contributed by atoms with Gasteiger partial charge in [-0.25, -0.2) is 4.42 Å². The van der Waals surface area contributed by atoms with Gasteiger partial charge < -0.3 is 4.74 Å². The Morgan fingerprint density at radius 3 is 2.33 bits per heavy atom. The molecule has 2 aliphatic rings. The van der Waals surface area contributed by atoms with E-state index in [0.29, 0.717) is 0 Å². The van der Waals surface area contributed by atoms with Crippen LogP contribution in [-0.2, 0) is 4.74 Å². The topological polar surface area (TPSA) is 12.5 Å². The predicted octanol–water partition coefficient (Wildman–Crippen LogP) is 0.718. The summed E-state index contributed by atoms with van der Waals surface area (Å²) >= 11 is 5.79. The van der Waals surface area contributed by atoms with Gasteiger partial charge in [-0.2, -0.15) is 0 Å². The molecular weight excluding hydrogens is 138 g/mol. The first-order valence-electron chi connectivity index (χ1n) is 3.35. The third kappa shape index (κ3) is 0.955. The number of fused-ring (bicyclic) bond motifs is 1. The van der Waals surface area contributed by atoms with Crippen LogP contribution in [0.5, 0.6) is 0 Å². The van der Waals surface area contributed by atoms with Crippen molar-refractivity contribution in [2.24, 2.45) is 11.8 Å². The molecule has 0 aromatic heterocycles. The van der Waals surface area contributed by atoms with Gasteiger partial charge >= 0.3 is 0 Å². The molecule has 0 radical (unpaired) electrons. The van der Waals surface area contributed by atoms with E-state index >= 15 is 0 Å². The zero-order valence-corrected chi connectivity index (χ0v) is 5.97. The fraction of sp³-hybridized carbons (Fsp3) is 1.00. The number of halogens is 1. The minimum absolute atomic E-state index is 0.725. The van der Waals surface area contributed by atoms with Crippen LogP contribution in [0.15, 0.2) is 0 Å². The summed E-state index contributed by atoms with van der Waals surface area (Å²) in [5.41, 5.74) is 0. The second kappa shape index (κ2) is 2.11. The molecule has 0 N–H and O–H groups in total. The number of hydrogen-bond acceptors (Lipinski definition) is 2. The highest BCUT2D eigenvalue weighted by Crippen LogP contribution is 2.29. The molecule has 2 rings (SSSR count). The van der Waals surface area contributed by atoms with Crippen molar-refractivity contribution in [3.63, 3.8) is 0 Å². The minimum Gasteiger partial charge on any atom is -0.381 e. The molecule has 0 bridgehead atoms. The van der Waals surface area contributed by atoms with Crippen LogP contribution in [-0.4, -0.2) is 30.7 Å². The SMILES string of the molecule is ClN1CC2COCC2C1. The molecule has 0 spiro atoms. The molecule has 0 amide bonds. The van der Waals surface area contributed by atoms with Crippen LogP contribution in [0.25, 0.3) is 0 Å². The maximum atomic E-state index is 5.79. The molecule has 9 heavy (non-hydrogen) atoms. The lowest BCUT2D eigenvalue weighted by Gasteiger charge is -2.03. The molecule has 0 aromatic carbocycles. The van der Waals surface area contributed by atoms with Crippen molar-refractivity contribution in [1.29, 1.82) is 0 Å². The number of hydrogen-bond donors (Lipinski definition) is 0. The summed E-state index contributed by atoms with van der Waals surface area (Å²) in [5, 5.41) is 0. The van der Waals surface area contributed by atoms with Gasteiger partial charge in [-0.05, 0) is 11.8 Å². The largest absolute Gasteiger partial charge is 0.381 e. The fourth-order valence-corrected chi connectivity index (χ4v) is 1.98. The smallest absolute Gasteiger partial charge is 0.0511 e. The molecule has 2 nitrogen and oxygen atoms in total. The number of rotatable bonds is 0. The van der Waals surface area contributed by atoms with E-state index in [1.165, 1.54) is 0 Å². The third-order valence-electron chi connectivity index (χ3n) is 2.20. The Hall–Kier alpha value is 0.210. The van der Waals surface area contributed by atoms with Gasteiger partial charge in [0.25, 0.3) is 0 Å². The lowest BCUT2D eigenvalue weighted by Crippen LogP contribution is -2.10. The van der Waals surface area contributed by atoms with Gasteiger partial charge in [0.1, 0.15) is 0 Å². The summed E-state index contributed by atoms with van der Waals surface area (Å²) in [6.07, 6.45) is 0. The van der Waals surface area contributed by atoms with Crippen molar-refractivity contribution < 1.29 is 4.74 Å². The first kappa shape index (κ1) is 5.96. The Morgan fingerprint density at radius 1 is 1.22 bits per heavy atom. The summed E-state index contributed by atoms with van der Waals surface area (Å²) in [5.74, 6) is 1.45. The summed E-state index contributed by atoms with van der Waals surface area (Å²) < 4.78 is 7.15. The highest BCUT2D eigenvalue weighted by molar-refractivity contribution is 6.13. The highest BCUT2D eigenvalue weighted by atomic mass is 35.5. The van der Waals surface area contributed by atoms with E-state index in [1.54, 1.807) is 0 Å². The average molecular weight is 148 g/mol. The van der Waals surface area contributed by atoms with E-state index in [0.717, 1.165) is 38.1 Å². The van der Waals surface area contributed by atoms with Gasteiger partial charge in [-0.1, -0.05) is 0 Å². The molecule has 2 saturated heterocycles. The molecule has 0 aliphatic carbocycles. The molecule has 2 heterocycles. The van der Waals surface area contributed by atoms with Crippen LogP contribution in [0, 0.1) is 11.8 Å². The van der Waals surface area contributed by atoms with Crippen molar-refractivity contribution >= 4 is 11.8 Å². The number of nitrogens with zero attached hydrogens (tertiary/aromatic N) is 1. The molecule has 0 aromatic rings. The molecule has 2 atom stereocenters. The Bertz CT molecular complexity index is 108. The normalized spacial score (nSPS) is 43.7. The quantitative estimate of drug-likeness (QED) is 0.468. The molecule has 2 fully saturated rings. The fourth-order valence-electron chi connectivity index (χ4n) is 1.63. The van der Waals surface area contributed by atoms with Crippen molar-refractivity contribution in [3.05, 3.63) is 0 Å². The van der Waals surface area contributed by atoms with E-state index in [9.17, 15) is 0 Å². The monoisotopic (exact) mass is 147 g/mol. The molecule has 3 heteroatoms. The minimum atomic E-state index is 0.725. The van der Waals surface area contributed by atoms with Crippen LogP contribution in [0.2, 0.25) is 0 Å². The Kier molecular flexibility index (Phi) is 1.40. The molecule has 2 unspecified atom stereocenters. The second-order valence-corrected chi connectivity index (χ2v) is 3.36. The van der Waals surface area contributed by atoms with Crippen LogP contribution in [0.3, 0.4) is 0 Å². The zero-order valence-electron chi connectivity index (χ0n) is 5.22. The van der Waals surface area contributed by atoms with Gasteiger partial charge in [-0.3, -0.25) is 0 Å². The lowest BCUT2D eigenvalue weighted by atomic mass is 10.0. The average Bonchev–Trinajstić information content (AvgIpc) is 2.22. The molecule has 0 saturated carbocycles. The van der Waals surface area contributed by atoms with Gasteiger partial charge in [0.15, 0.2) is 0 Å². The number of ether oxygens (including phenoxy) is 1. The van der Waals surface area contributed by atoms with Crippen molar-refractivity contribution in [1.82, 2.24) is 4.42 Å². The maximum absolute atomic E-state index is 5.79. The summed E-state index contributed by atoms with van der Waals surface area (Å²) in [4.78, 5) is 0. The second-order valence-electron chi connectivity index (χ2n) is 2.89. The molecule has 52 valence electrons. The zero-order chi connectivity index (χ0) is 6.27. The first-order valence-corrected chi connectivity index (χ1v) is 3.68. The summed E-state index contributed by atoms with van der Waals surface area (Å²) in [6, 6.07) is 0. The molecule has 2 aliphatic heterocycles. The van der Waals surface area contributed by atoms with Crippen LogP contribution in [0.1, 0.15) is 0 Å². The molecular formula is C6H10ClNO. The van der Waals surface area contributed by atoms with Crippen molar-refractivity contribution in [2.75, 3.05) is 26.3 Å². The van der Waals surface area contributed by atoms with E-state index in [-0.39, 0.29) is 0 Å². The predicted molar refractivity (Wildman–Crippen MR) is 35.2 cm³/mol. The summed E-state index contributed by atoms with van der Waals surface area (Å²) in [6.45, 7) is 3.89. The van der Waals surface area contributed by atoms with E-state index in [4.69, 9.17) is 16.5 Å². The Balaban J connectivity index is 2.02. The van der Waals surface area contributed by atoms with Crippen LogP contribution >= 0.6 is 11.8 Å². The highest BCUT2D eigenvalue weighted by Gasteiger charge is 2.36. The standard InChI is InChI=1S/C6H10ClNO/c7-8-1-5-3-9-4-6(5)2-8/h5-6H,1-4H2. The van der Waals surface area contributed by atoms with Crippen molar-refractivity contribution in [2.45, 2.75) is 0 Å². The lowest BCUT2D eigenvalue weighted by molar-refractivity contribution is 0.168.